The maximum absolute atomic E-state index is 7.45. The zero-order valence-electron chi connectivity index (χ0n) is 37.5. The highest BCUT2D eigenvalue weighted by atomic mass is 15.0. The van der Waals surface area contributed by atoms with E-state index in [1.807, 2.05) is 47.0 Å². The molecule has 0 aliphatic carbocycles. The number of hydrogen-bond donors (Lipinski definition) is 0. The van der Waals surface area contributed by atoms with E-state index in [0.29, 0.717) is 43.8 Å². The summed E-state index contributed by atoms with van der Waals surface area (Å²) >= 11 is 0. The molecule has 0 aliphatic heterocycles. The van der Waals surface area contributed by atoms with Gasteiger partial charge in [0.2, 0.25) is 0 Å². The van der Waals surface area contributed by atoms with Crippen molar-refractivity contribution in [3.8, 4) is 67.0 Å². The number of nitrogens with zero attached hydrogens (tertiary/aromatic N) is 2. The molecule has 2 nitrogen and oxygen atoms in total. The lowest BCUT2D eigenvalue weighted by molar-refractivity contribution is 1.18. The standard InChI is InChI=1S/C60H33B7N2/c61-52-49(53(62)57(66)59-50(52)51-54(63)55(64)56(65)58(67)60(51)69(59)42-28-22-37(23-29-42)35-14-6-2-7-15-35)40-25-31-48-46(33-40)45-32-39(44-19-11-10-18-43(44)38-16-8-3-9-17-38)24-30-47(45)68(48)41-26-20-36(21-27-41)34-12-4-1-5-13-34/h1-33H. The summed E-state index contributed by atoms with van der Waals surface area (Å²) in [7, 11) is 49.0. The van der Waals surface area contributed by atoms with Gasteiger partial charge in [-0.1, -0.05) is 179 Å². The number of benzene rings is 10. The molecule has 0 saturated carbocycles. The van der Waals surface area contributed by atoms with Gasteiger partial charge in [-0.05, 0) is 110 Å². The molecule has 0 fully saturated rings. The molecule has 0 unspecified atom stereocenters. The Balaban J connectivity index is 1.10. The molecule has 0 N–H and O–H groups in total. The number of hydrogen-bond acceptors (Lipinski definition) is 0. The smallest absolute Gasteiger partial charge is 0.115 e. The van der Waals surface area contributed by atoms with Crippen molar-refractivity contribution in [3.63, 3.8) is 0 Å². The molecule has 0 bridgehead atoms. The third-order valence-corrected chi connectivity index (χ3v) is 13.8. The molecule has 304 valence electrons. The summed E-state index contributed by atoms with van der Waals surface area (Å²) in [6.45, 7) is 0. The molecular formula is C60H33B7N2. The summed E-state index contributed by atoms with van der Waals surface area (Å²) < 4.78 is 4.26. The first kappa shape index (κ1) is 42.6. The van der Waals surface area contributed by atoms with E-state index >= 15 is 0 Å². The molecule has 69 heavy (non-hydrogen) atoms. The lowest BCUT2D eigenvalue weighted by Gasteiger charge is -2.19. The fourth-order valence-corrected chi connectivity index (χ4v) is 10.4. The summed E-state index contributed by atoms with van der Waals surface area (Å²) in [5, 5.41) is 3.19. The fourth-order valence-electron chi connectivity index (χ4n) is 10.4. The van der Waals surface area contributed by atoms with Crippen molar-refractivity contribution in [2.45, 2.75) is 0 Å². The van der Waals surface area contributed by atoms with E-state index in [4.69, 9.17) is 54.9 Å². The van der Waals surface area contributed by atoms with Crippen LogP contribution in [0.3, 0.4) is 0 Å². The van der Waals surface area contributed by atoms with Gasteiger partial charge in [-0.3, -0.25) is 0 Å². The summed E-state index contributed by atoms with van der Waals surface area (Å²) in [4.78, 5) is 0. The van der Waals surface area contributed by atoms with Crippen molar-refractivity contribution < 1.29 is 0 Å². The highest BCUT2D eigenvalue weighted by molar-refractivity contribution is 6.69. The van der Waals surface area contributed by atoms with Crippen molar-refractivity contribution in [2.24, 2.45) is 0 Å². The Bertz CT molecular complexity index is 3990. The van der Waals surface area contributed by atoms with Crippen LogP contribution in [0.25, 0.3) is 111 Å². The average molecular weight is 858 g/mol. The second kappa shape index (κ2) is 16.8. The van der Waals surface area contributed by atoms with Gasteiger partial charge in [-0.2, -0.15) is 0 Å². The van der Waals surface area contributed by atoms with E-state index < -0.39 is 0 Å². The van der Waals surface area contributed by atoms with Gasteiger partial charge in [0.1, 0.15) is 54.9 Å². The summed E-state index contributed by atoms with van der Waals surface area (Å²) in [6, 6.07) is 69.5. The summed E-state index contributed by atoms with van der Waals surface area (Å²) in [5.41, 5.74) is 17.1. The Morgan fingerprint density at radius 3 is 1.17 bits per heavy atom. The Kier molecular flexibility index (Phi) is 10.4. The van der Waals surface area contributed by atoms with E-state index in [1.165, 1.54) is 0 Å². The van der Waals surface area contributed by atoms with Crippen molar-refractivity contribution >= 4 is 137 Å². The van der Waals surface area contributed by atoms with Gasteiger partial charge < -0.3 is 9.13 Å². The maximum atomic E-state index is 7.45. The monoisotopic (exact) mass is 858 g/mol. The van der Waals surface area contributed by atoms with Gasteiger partial charge in [0, 0.05) is 38.6 Å². The van der Waals surface area contributed by atoms with Crippen LogP contribution < -0.4 is 38.2 Å². The first-order valence-corrected chi connectivity index (χ1v) is 22.8. The second-order valence-electron chi connectivity index (χ2n) is 17.6. The number of fused-ring (bicyclic) bond motifs is 6. The molecule has 14 radical (unpaired) electrons. The van der Waals surface area contributed by atoms with Crippen LogP contribution in [0.5, 0.6) is 0 Å². The van der Waals surface area contributed by atoms with Crippen molar-refractivity contribution in [2.75, 3.05) is 0 Å². The largest absolute Gasteiger partial charge is 0.311 e. The molecule has 0 amide bonds. The SMILES string of the molecule is [B]c1c([B])c([B])c2c(c1[B])c1c([B])c(-c3ccc4c(c3)c3cc(-c5ccccc5-c5ccccc5)ccc3n4-c3ccc(-c4ccccc4)cc3)c([B])c([B])c1n2-c1ccc(-c2ccccc2)cc1. The highest BCUT2D eigenvalue weighted by Crippen LogP contribution is 2.40. The minimum atomic E-state index is 0.172. The Labute approximate surface area is 410 Å². The fraction of sp³-hybridized carbons (Fsp3) is 0. The quantitative estimate of drug-likeness (QED) is 0.145. The predicted molar refractivity (Wildman–Crippen MR) is 300 cm³/mol. The van der Waals surface area contributed by atoms with Crippen LogP contribution in [-0.4, -0.2) is 64.1 Å². The molecule has 2 aromatic heterocycles. The van der Waals surface area contributed by atoms with Crippen LogP contribution in [0.15, 0.2) is 200 Å². The molecule has 12 rings (SSSR count). The topological polar surface area (TPSA) is 9.86 Å². The second-order valence-corrected chi connectivity index (χ2v) is 17.6. The van der Waals surface area contributed by atoms with Crippen LogP contribution in [0, 0.1) is 0 Å². The third-order valence-electron chi connectivity index (χ3n) is 13.8. The minimum Gasteiger partial charge on any atom is -0.311 e. The van der Waals surface area contributed by atoms with Gasteiger partial charge in [0.05, 0.1) is 11.0 Å². The first-order chi connectivity index (χ1) is 33.7. The highest BCUT2D eigenvalue weighted by Gasteiger charge is 2.25. The number of aromatic nitrogens is 2. The van der Waals surface area contributed by atoms with E-state index in [2.05, 4.69) is 162 Å². The van der Waals surface area contributed by atoms with Crippen molar-refractivity contribution in [3.05, 3.63) is 200 Å². The van der Waals surface area contributed by atoms with Crippen LogP contribution in [-0.2, 0) is 0 Å². The maximum Gasteiger partial charge on any atom is 0.115 e. The van der Waals surface area contributed by atoms with Crippen molar-refractivity contribution in [1.82, 2.24) is 9.13 Å². The van der Waals surface area contributed by atoms with E-state index in [1.54, 1.807) is 0 Å². The zero-order chi connectivity index (χ0) is 47.1. The Morgan fingerprint density at radius 1 is 0.261 bits per heavy atom. The van der Waals surface area contributed by atoms with Crippen LogP contribution in [0.2, 0.25) is 0 Å². The Hall–Kier alpha value is -7.75. The van der Waals surface area contributed by atoms with Crippen LogP contribution >= 0.6 is 0 Å². The van der Waals surface area contributed by atoms with Gasteiger partial charge in [0.25, 0.3) is 0 Å². The molecule has 0 saturated heterocycles. The van der Waals surface area contributed by atoms with Gasteiger partial charge in [-0.15, -0.1) is 10.9 Å². The Morgan fingerprint density at radius 2 is 0.638 bits per heavy atom. The molecule has 0 aliphatic rings. The van der Waals surface area contributed by atoms with Crippen LogP contribution in [0.1, 0.15) is 0 Å². The van der Waals surface area contributed by atoms with Gasteiger partial charge in [0.15, 0.2) is 0 Å². The molecular weight excluding hydrogens is 824 g/mol. The van der Waals surface area contributed by atoms with E-state index in [0.717, 1.165) is 83.3 Å². The molecule has 0 atom stereocenters. The lowest BCUT2D eigenvalue weighted by atomic mass is 9.64. The van der Waals surface area contributed by atoms with Crippen molar-refractivity contribution in [1.29, 1.82) is 0 Å². The normalized spacial score (nSPS) is 11.6. The zero-order valence-corrected chi connectivity index (χ0v) is 37.5. The summed E-state index contributed by atoms with van der Waals surface area (Å²) in [5.74, 6) is 0. The molecule has 0 spiro atoms. The molecule has 2 heterocycles. The minimum absolute atomic E-state index is 0.172. The molecule has 12 aromatic rings. The summed E-state index contributed by atoms with van der Waals surface area (Å²) in [6.07, 6.45) is 0. The third kappa shape index (κ3) is 6.81. The molecule has 9 heteroatoms. The number of rotatable bonds is 7. The average Bonchev–Trinajstić information content (AvgIpc) is 3.94. The lowest BCUT2D eigenvalue weighted by Crippen LogP contribution is -2.48. The predicted octanol–water partition coefficient (Wildman–Crippen LogP) is 7.77. The molecule has 10 aromatic carbocycles. The van der Waals surface area contributed by atoms with Crippen LogP contribution in [0.4, 0.5) is 0 Å². The van der Waals surface area contributed by atoms with E-state index in [9.17, 15) is 0 Å². The van der Waals surface area contributed by atoms with Gasteiger partial charge in [-0.25, -0.2) is 0 Å². The first-order valence-electron chi connectivity index (χ1n) is 22.8. The van der Waals surface area contributed by atoms with Gasteiger partial charge >= 0.3 is 0 Å². The van der Waals surface area contributed by atoms with E-state index in [-0.39, 0.29) is 21.9 Å².